The molecule has 0 saturated carbocycles. The number of pyridine rings is 2. The van der Waals surface area contributed by atoms with Gasteiger partial charge in [-0.25, -0.2) is 4.57 Å². The van der Waals surface area contributed by atoms with Crippen LogP contribution in [0.15, 0.2) is 42.9 Å². The van der Waals surface area contributed by atoms with Crippen LogP contribution >= 0.6 is 0 Å². The molecule has 2 nitrogen and oxygen atoms in total. The Morgan fingerprint density at radius 1 is 1.06 bits per heavy atom. The second-order valence-corrected chi connectivity index (χ2v) is 4.14. The van der Waals surface area contributed by atoms with Gasteiger partial charge in [0.1, 0.15) is 7.05 Å². The Hall–Kier alpha value is -1.96. The molecule has 0 aliphatic carbocycles. The van der Waals surface area contributed by atoms with Gasteiger partial charge in [-0.3, -0.25) is 4.98 Å². The van der Waals surface area contributed by atoms with Crippen LogP contribution < -0.4 is 4.57 Å². The number of aromatic nitrogens is 2. The lowest BCUT2D eigenvalue weighted by molar-refractivity contribution is -0.676. The van der Waals surface area contributed by atoms with E-state index in [1.54, 1.807) is 0 Å². The summed E-state index contributed by atoms with van der Waals surface area (Å²) in [5.41, 5.74) is 1.29. The molecule has 3 aromatic rings. The minimum atomic E-state index is 1.20. The molecule has 16 heavy (non-hydrogen) atoms. The van der Waals surface area contributed by atoms with E-state index in [0.717, 1.165) is 0 Å². The summed E-state index contributed by atoms with van der Waals surface area (Å²) in [4.78, 5) is 4.16. The lowest BCUT2D eigenvalue weighted by Crippen LogP contribution is -2.31. The number of hydrogen-bond acceptors (Lipinski definition) is 1. The highest BCUT2D eigenvalue weighted by atomic mass is 14.9. The first-order valence-electron chi connectivity index (χ1n) is 5.39. The summed E-state index contributed by atoms with van der Waals surface area (Å²) in [5.74, 6) is 0. The van der Waals surface area contributed by atoms with Gasteiger partial charge in [-0.1, -0.05) is 12.1 Å². The van der Waals surface area contributed by atoms with Gasteiger partial charge in [-0.2, -0.15) is 0 Å². The fourth-order valence-electron chi connectivity index (χ4n) is 2.21. The minimum absolute atomic E-state index is 1.20. The molecular weight excluding hydrogens is 196 g/mol. The van der Waals surface area contributed by atoms with Crippen molar-refractivity contribution in [3.63, 3.8) is 0 Å². The molecule has 0 spiro atoms. The third-order valence-corrected chi connectivity index (χ3v) is 3.22. The molecule has 0 atom stereocenters. The van der Waals surface area contributed by atoms with Crippen molar-refractivity contribution in [2.24, 2.45) is 7.05 Å². The zero-order valence-electron chi connectivity index (χ0n) is 9.44. The van der Waals surface area contributed by atoms with E-state index in [0.29, 0.717) is 0 Å². The lowest BCUT2D eigenvalue weighted by Gasteiger charge is -2.04. The smallest absolute Gasteiger partial charge is 0.186 e. The molecule has 2 aromatic heterocycles. The van der Waals surface area contributed by atoms with Gasteiger partial charge >= 0.3 is 0 Å². The van der Waals surface area contributed by atoms with Gasteiger partial charge in [0.15, 0.2) is 11.9 Å². The van der Waals surface area contributed by atoms with Crippen molar-refractivity contribution in [2.75, 3.05) is 0 Å². The largest absolute Gasteiger partial charge is 0.264 e. The normalized spacial score (nSPS) is 11.1. The highest BCUT2D eigenvalue weighted by Crippen LogP contribution is 2.25. The summed E-state index contributed by atoms with van der Waals surface area (Å²) in [5, 5.41) is 5.09. The number of rotatable bonds is 0. The highest BCUT2D eigenvalue weighted by molar-refractivity contribution is 6.07. The zero-order chi connectivity index (χ0) is 11.1. The van der Waals surface area contributed by atoms with Crippen LogP contribution in [0.25, 0.3) is 21.5 Å². The van der Waals surface area contributed by atoms with E-state index in [9.17, 15) is 0 Å². The molecule has 2 heterocycles. The van der Waals surface area contributed by atoms with Gasteiger partial charge in [-0.05, 0) is 16.8 Å². The maximum atomic E-state index is 4.16. The molecule has 0 aliphatic heterocycles. The van der Waals surface area contributed by atoms with Crippen molar-refractivity contribution in [1.29, 1.82) is 0 Å². The minimum Gasteiger partial charge on any atom is -0.264 e. The van der Waals surface area contributed by atoms with Gasteiger partial charge < -0.3 is 0 Å². The van der Waals surface area contributed by atoms with Gasteiger partial charge in [0.2, 0.25) is 0 Å². The Morgan fingerprint density at radius 2 is 1.88 bits per heavy atom. The molecular formula is C14H13N2+. The SMILES string of the molecule is Cc1c2c(ccc3cnccc32)cc[n+]1C. The Kier molecular flexibility index (Phi) is 1.90. The van der Waals surface area contributed by atoms with Crippen LogP contribution in [0.2, 0.25) is 0 Å². The van der Waals surface area contributed by atoms with Gasteiger partial charge in [-0.15, -0.1) is 0 Å². The molecule has 0 unspecified atom stereocenters. The average Bonchev–Trinajstić information content (AvgIpc) is 2.33. The molecule has 1 aromatic carbocycles. The van der Waals surface area contributed by atoms with Gasteiger partial charge in [0.25, 0.3) is 0 Å². The second kappa shape index (κ2) is 3.27. The fourth-order valence-corrected chi connectivity index (χ4v) is 2.21. The van der Waals surface area contributed by atoms with E-state index in [1.165, 1.54) is 27.2 Å². The summed E-state index contributed by atoms with van der Waals surface area (Å²) < 4.78 is 2.15. The molecule has 0 N–H and O–H groups in total. The number of benzene rings is 1. The first-order valence-corrected chi connectivity index (χ1v) is 5.39. The average molecular weight is 209 g/mol. The Morgan fingerprint density at radius 3 is 2.75 bits per heavy atom. The fraction of sp³-hybridized carbons (Fsp3) is 0.143. The Bertz CT molecular complexity index is 687. The van der Waals surface area contributed by atoms with E-state index in [1.807, 2.05) is 12.4 Å². The van der Waals surface area contributed by atoms with Gasteiger partial charge in [0.05, 0.1) is 5.39 Å². The van der Waals surface area contributed by atoms with E-state index >= 15 is 0 Å². The van der Waals surface area contributed by atoms with Crippen molar-refractivity contribution in [3.8, 4) is 0 Å². The predicted molar refractivity (Wildman–Crippen MR) is 65.2 cm³/mol. The maximum absolute atomic E-state index is 4.16. The summed E-state index contributed by atoms with van der Waals surface area (Å²) in [6, 6.07) is 8.53. The summed E-state index contributed by atoms with van der Waals surface area (Å²) in [6.45, 7) is 2.15. The van der Waals surface area contributed by atoms with Crippen molar-refractivity contribution in [2.45, 2.75) is 6.92 Å². The second-order valence-electron chi connectivity index (χ2n) is 4.14. The molecule has 0 radical (unpaired) electrons. The number of aryl methyl sites for hydroxylation is 2. The molecule has 2 heteroatoms. The number of hydrogen-bond donors (Lipinski definition) is 0. The first kappa shape index (κ1) is 9.28. The van der Waals surface area contributed by atoms with Crippen LogP contribution in [0.5, 0.6) is 0 Å². The standard InChI is InChI=1S/C14H13N2/c1-10-14-11(6-8-16(10)2)3-4-12-9-15-7-5-13(12)14/h3-9H,1-2H3/q+1. The molecule has 0 fully saturated rings. The van der Waals surface area contributed by atoms with E-state index < -0.39 is 0 Å². The van der Waals surface area contributed by atoms with Crippen LogP contribution in [0.3, 0.4) is 0 Å². The molecule has 0 amide bonds. The lowest BCUT2D eigenvalue weighted by atomic mass is 10.0. The van der Waals surface area contributed by atoms with E-state index in [-0.39, 0.29) is 0 Å². The van der Waals surface area contributed by atoms with Crippen LogP contribution in [-0.2, 0) is 7.05 Å². The van der Waals surface area contributed by atoms with E-state index in [4.69, 9.17) is 0 Å². The monoisotopic (exact) mass is 209 g/mol. The van der Waals surface area contributed by atoms with E-state index in [2.05, 4.69) is 54.0 Å². The maximum Gasteiger partial charge on any atom is 0.186 e. The Balaban J connectivity index is 2.63. The van der Waals surface area contributed by atoms with Gasteiger partial charge in [0, 0.05) is 30.8 Å². The Labute approximate surface area is 94.2 Å². The summed E-state index contributed by atoms with van der Waals surface area (Å²) in [7, 11) is 2.08. The predicted octanol–water partition coefficient (Wildman–Crippen LogP) is 2.52. The molecule has 3 rings (SSSR count). The third kappa shape index (κ3) is 1.20. The van der Waals surface area contributed by atoms with Crippen LogP contribution in [-0.4, -0.2) is 4.98 Å². The van der Waals surface area contributed by atoms with Crippen molar-refractivity contribution in [1.82, 2.24) is 4.98 Å². The quantitative estimate of drug-likeness (QED) is 0.410. The first-order chi connectivity index (χ1) is 7.77. The van der Waals surface area contributed by atoms with Crippen LogP contribution in [0, 0.1) is 6.92 Å². The molecule has 0 aliphatic rings. The molecule has 0 saturated heterocycles. The number of nitrogens with zero attached hydrogens (tertiary/aromatic N) is 2. The third-order valence-electron chi connectivity index (χ3n) is 3.22. The summed E-state index contributed by atoms with van der Waals surface area (Å²) in [6.07, 6.45) is 5.88. The van der Waals surface area contributed by atoms with Crippen LogP contribution in [0.1, 0.15) is 5.69 Å². The van der Waals surface area contributed by atoms with Crippen molar-refractivity contribution < 1.29 is 4.57 Å². The molecule has 78 valence electrons. The van der Waals surface area contributed by atoms with Crippen molar-refractivity contribution in [3.05, 3.63) is 48.5 Å². The van der Waals surface area contributed by atoms with Crippen molar-refractivity contribution >= 4 is 21.5 Å². The van der Waals surface area contributed by atoms with Crippen LogP contribution in [0.4, 0.5) is 0 Å². The highest BCUT2D eigenvalue weighted by Gasteiger charge is 2.09. The topological polar surface area (TPSA) is 16.8 Å². The zero-order valence-corrected chi connectivity index (χ0v) is 9.44. The summed E-state index contributed by atoms with van der Waals surface area (Å²) >= 11 is 0. The number of fused-ring (bicyclic) bond motifs is 3. The molecule has 0 bridgehead atoms.